The largest absolute Gasteiger partial charge is 0.338 e. The molecule has 1 aromatic carbocycles. The molecule has 12 heteroatoms. The number of piperidine rings is 1. The second kappa shape index (κ2) is 10.6. The zero-order valence-electron chi connectivity index (χ0n) is 22.6. The van der Waals surface area contributed by atoms with Crippen molar-refractivity contribution in [3.05, 3.63) is 69.0 Å². The molecule has 5 rings (SSSR count). The summed E-state index contributed by atoms with van der Waals surface area (Å²) in [6.45, 7) is 8.85. The van der Waals surface area contributed by atoms with Crippen LogP contribution in [0.15, 0.2) is 24.4 Å². The Labute approximate surface area is 231 Å². The Morgan fingerprint density at radius 2 is 1.87 bits per heavy atom. The van der Waals surface area contributed by atoms with Crippen LogP contribution < -0.4 is 10.6 Å². The number of carbonyl (C=O) groups is 1. The van der Waals surface area contributed by atoms with Crippen LogP contribution in [-0.2, 0) is 7.05 Å². The summed E-state index contributed by atoms with van der Waals surface area (Å²) in [5, 5.41) is 17.7. The summed E-state index contributed by atoms with van der Waals surface area (Å²) in [6.07, 6.45) is 2.97. The molecule has 204 valence electrons. The van der Waals surface area contributed by atoms with Crippen LogP contribution in [0.5, 0.6) is 0 Å². The van der Waals surface area contributed by atoms with Gasteiger partial charge in [-0.3, -0.25) is 14.6 Å². The van der Waals surface area contributed by atoms with E-state index >= 15 is 4.39 Å². The number of amides is 1. The maximum Gasteiger partial charge on any atom is 0.257 e. The number of hydrogen-bond acceptors (Lipinski definition) is 7. The summed E-state index contributed by atoms with van der Waals surface area (Å²) in [5.41, 5.74) is 5.35. The Kier molecular flexibility index (Phi) is 7.26. The van der Waals surface area contributed by atoms with Gasteiger partial charge in [-0.25, -0.2) is 9.37 Å². The molecule has 1 fully saturated rings. The van der Waals surface area contributed by atoms with E-state index in [4.69, 9.17) is 11.6 Å². The maximum absolute atomic E-state index is 15.3. The lowest BCUT2D eigenvalue weighted by Crippen LogP contribution is -2.38. The summed E-state index contributed by atoms with van der Waals surface area (Å²) in [7, 11) is 1.85. The number of anilines is 4. The minimum atomic E-state index is -0.397. The fourth-order valence-corrected chi connectivity index (χ4v) is 5.24. The van der Waals surface area contributed by atoms with Crippen LogP contribution in [0.4, 0.5) is 27.7 Å². The first kappa shape index (κ1) is 26.6. The summed E-state index contributed by atoms with van der Waals surface area (Å²) in [6, 6.07) is 5.16. The molecule has 4 aromatic rings. The van der Waals surface area contributed by atoms with Gasteiger partial charge >= 0.3 is 0 Å². The number of nitrogens with one attached hydrogen (secondary N) is 3. The molecule has 0 saturated carbocycles. The van der Waals surface area contributed by atoms with Crippen LogP contribution in [0.3, 0.4) is 0 Å². The van der Waals surface area contributed by atoms with Crippen LogP contribution in [0.2, 0.25) is 5.02 Å². The third-order valence-corrected chi connectivity index (χ3v) is 7.52. The summed E-state index contributed by atoms with van der Waals surface area (Å²) >= 11 is 6.24. The minimum absolute atomic E-state index is 0.0123. The van der Waals surface area contributed by atoms with Crippen molar-refractivity contribution in [1.29, 1.82) is 0 Å². The first-order chi connectivity index (χ1) is 18.6. The lowest BCUT2D eigenvalue weighted by atomic mass is 9.86. The van der Waals surface area contributed by atoms with Crippen LogP contribution in [0.25, 0.3) is 0 Å². The Morgan fingerprint density at radius 3 is 2.51 bits per heavy atom. The molecule has 4 heterocycles. The maximum atomic E-state index is 15.3. The van der Waals surface area contributed by atoms with Gasteiger partial charge in [0.2, 0.25) is 5.95 Å². The standard InChI is InChI=1S/C27H31ClFN9O/c1-14-10-22(31-27-30-13-20(28)25(33-27)32-23-11-15(2)34-35-23)21(29)12-19(14)18-6-8-38(9-7-18)26(39)24-16(3)36-37(5)17(24)4/h10-13,18H,6-9H2,1-5H3,(H3,30,31,32,33,34,35). The molecule has 3 N–H and O–H groups in total. The highest BCUT2D eigenvalue weighted by atomic mass is 35.5. The SMILES string of the molecule is Cc1cc(Nc2nc(Nc3cc(C)c(C4CCN(C(=O)c5c(C)nn(C)c5C)CC4)cc3F)ncc2Cl)n[nH]1. The molecule has 0 unspecified atom stereocenters. The van der Waals surface area contributed by atoms with Crippen LogP contribution in [-0.4, -0.2) is 53.8 Å². The molecule has 1 aliphatic heterocycles. The Balaban J connectivity index is 1.27. The number of halogens is 2. The predicted molar refractivity (Wildman–Crippen MR) is 149 cm³/mol. The molecule has 0 aliphatic carbocycles. The number of benzene rings is 1. The van der Waals surface area contributed by atoms with E-state index in [1.54, 1.807) is 16.8 Å². The number of likely N-dealkylation sites (tertiary alicyclic amines) is 1. The highest BCUT2D eigenvalue weighted by Gasteiger charge is 2.29. The third kappa shape index (κ3) is 5.44. The minimum Gasteiger partial charge on any atom is -0.338 e. The number of hydrogen-bond donors (Lipinski definition) is 3. The molecular formula is C27H31ClFN9O. The molecule has 0 spiro atoms. The second-order valence-corrected chi connectivity index (χ2v) is 10.4. The topological polar surface area (TPSA) is 117 Å². The zero-order chi connectivity index (χ0) is 27.8. The molecule has 1 aliphatic rings. The smallest absolute Gasteiger partial charge is 0.257 e. The lowest BCUT2D eigenvalue weighted by Gasteiger charge is -2.33. The molecule has 1 saturated heterocycles. The third-order valence-electron chi connectivity index (χ3n) is 7.24. The molecule has 0 bridgehead atoms. The second-order valence-electron chi connectivity index (χ2n) is 10.0. The lowest BCUT2D eigenvalue weighted by molar-refractivity contribution is 0.0711. The van der Waals surface area contributed by atoms with Crippen molar-refractivity contribution < 1.29 is 9.18 Å². The van der Waals surface area contributed by atoms with E-state index in [0.29, 0.717) is 35.3 Å². The fourth-order valence-electron chi connectivity index (χ4n) is 5.11. The van der Waals surface area contributed by atoms with E-state index in [9.17, 15) is 4.79 Å². The van der Waals surface area contributed by atoms with Gasteiger partial charge in [0.05, 0.1) is 23.1 Å². The first-order valence-electron chi connectivity index (χ1n) is 12.8. The number of aromatic nitrogens is 6. The van der Waals surface area contributed by atoms with Gasteiger partial charge in [0, 0.05) is 37.6 Å². The van der Waals surface area contributed by atoms with Crippen molar-refractivity contribution in [2.24, 2.45) is 7.05 Å². The van der Waals surface area contributed by atoms with Gasteiger partial charge in [0.15, 0.2) is 11.6 Å². The molecule has 0 radical (unpaired) electrons. The van der Waals surface area contributed by atoms with Gasteiger partial charge in [-0.05, 0) is 69.7 Å². The zero-order valence-corrected chi connectivity index (χ0v) is 23.3. The van der Waals surface area contributed by atoms with Gasteiger partial charge in [0.1, 0.15) is 10.8 Å². The van der Waals surface area contributed by atoms with E-state index in [1.165, 1.54) is 6.20 Å². The van der Waals surface area contributed by atoms with Crippen molar-refractivity contribution in [3.63, 3.8) is 0 Å². The van der Waals surface area contributed by atoms with Crippen LogP contribution in [0.1, 0.15) is 57.3 Å². The number of H-pyrrole nitrogens is 1. The average molecular weight is 552 g/mol. The summed E-state index contributed by atoms with van der Waals surface area (Å²) in [5.74, 6) is 0.892. The predicted octanol–water partition coefficient (Wildman–Crippen LogP) is 5.47. The molecule has 39 heavy (non-hydrogen) atoms. The van der Waals surface area contributed by atoms with Crippen molar-refractivity contribution >= 4 is 40.8 Å². The van der Waals surface area contributed by atoms with E-state index < -0.39 is 5.82 Å². The number of rotatable bonds is 6. The monoisotopic (exact) mass is 551 g/mol. The molecule has 3 aromatic heterocycles. The van der Waals surface area contributed by atoms with Crippen LogP contribution >= 0.6 is 11.6 Å². The van der Waals surface area contributed by atoms with Crippen molar-refractivity contribution in [2.45, 2.75) is 46.5 Å². The Bertz CT molecular complexity index is 1540. The Hall–Kier alpha value is -3.99. The number of carbonyl (C=O) groups excluding carboxylic acids is 1. The van der Waals surface area contributed by atoms with Crippen molar-refractivity contribution in [2.75, 3.05) is 23.7 Å². The van der Waals surface area contributed by atoms with E-state index in [-0.39, 0.29) is 23.5 Å². The first-order valence-corrected chi connectivity index (χ1v) is 13.2. The van der Waals surface area contributed by atoms with E-state index in [1.807, 2.05) is 45.7 Å². The Morgan fingerprint density at radius 1 is 1.13 bits per heavy atom. The highest BCUT2D eigenvalue weighted by molar-refractivity contribution is 6.32. The quantitative estimate of drug-likeness (QED) is 0.291. The molecular weight excluding hydrogens is 521 g/mol. The van der Waals surface area contributed by atoms with Gasteiger partial charge in [-0.2, -0.15) is 15.2 Å². The van der Waals surface area contributed by atoms with Gasteiger partial charge in [-0.1, -0.05) is 11.6 Å². The highest BCUT2D eigenvalue weighted by Crippen LogP contribution is 2.34. The van der Waals surface area contributed by atoms with Crippen LogP contribution in [0, 0.1) is 33.5 Å². The summed E-state index contributed by atoms with van der Waals surface area (Å²) in [4.78, 5) is 23.6. The van der Waals surface area contributed by atoms with E-state index in [0.717, 1.165) is 41.1 Å². The number of aryl methyl sites for hydroxylation is 4. The van der Waals surface area contributed by atoms with E-state index in [2.05, 4.69) is 35.9 Å². The van der Waals surface area contributed by atoms with Crippen molar-refractivity contribution in [1.82, 2.24) is 34.8 Å². The fraction of sp³-hybridized carbons (Fsp3) is 0.370. The average Bonchev–Trinajstić information content (AvgIpc) is 3.43. The molecule has 1 amide bonds. The van der Waals surface area contributed by atoms with Gasteiger partial charge in [0.25, 0.3) is 5.91 Å². The molecule has 10 nitrogen and oxygen atoms in total. The normalized spacial score (nSPS) is 14.1. The van der Waals surface area contributed by atoms with Gasteiger partial charge in [-0.15, -0.1) is 0 Å². The number of aromatic amines is 1. The molecule has 0 atom stereocenters. The van der Waals surface area contributed by atoms with Gasteiger partial charge < -0.3 is 15.5 Å². The number of nitrogens with zero attached hydrogens (tertiary/aromatic N) is 6. The summed E-state index contributed by atoms with van der Waals surface area (Å²) < 4.78 is 17.0. The van der Waals surface area contributed by atoms with Crippen molar-refractivity contribution in [3.8, 4) is 0 Å².